The molecule has 0 atom stereocenters. The van der Waals surface area contributed by atoms with Crippen molar-refractivity contribution in [3.05, 3.63) is 65.2 Å². The lowest BCUT2D eigenvalue weighted by Crippen LogP contribution is -2.40. The van der Waals surface area contributed by atoms with Crippen LogP contribution >= 0.6 is 0 Å². The average Bonchev–Trinajstić information content (AvgIpc) is 2.91. The van der Waals surface area contributed by atoms with E-state index >= 15 is 0 Å². The summed E-state index contributed by atoms with van der Waals surface area (Å²) in [7, 11) is 0. The number of likely N-dealkylation sites (tertiary alicyclic amines) is 1. The fourth-order valence-corrected chi connectivity index (χ4v) is 3.93. The van der Waals surface area contributed by atoms with Crippen molar-refractivity contribution >= 4 is 29.6 Å². The van der Waals surface area contributed by atoms with E-state index in [1.807, 2.05) is 4.90 Å². The molecular weight excluding hydrogens is 486 g/mol. The molecule has 1 fully saturated rings. The standard InChI is InChI=1S/C28H35N5O5/c1-3-36-26(34)11-8-20-4-5-22(27(30)31)18-25(20)37-17-14-32-28(35)21-6-9-23(10-7-21)38-24-12-15-33(16-13-24)19(2)29/h4-11,18,24,29H,3,12-17H2,1-2H3,(H3,30,31)(H,32,35)/b11-8+,29-19?. The first-order valence-electron chi connectivity index (χ1n) is 12.6. The number of nitrogens with two attached hydrogens (primary N) is 1. The number of amides is 1. The molecule has 1 heterocycles. The van der Waals surface area contributed by atoms with E-state index in [0.717, 1.165) is 25.9 Å². The SMILES string of the molecule is CCOC(=O)/C=C/c1ccc(C(=N)N)cc1OCCNC(=O)c1ccc(OC2CCN(C(C)=N)CC2)cc1. The zero-order valence-electron chi connectivity index (χ0n) is 21.8. The lowest BCUT2D eigenvalue weighted by atomic mass is 10.1. The molecule has 0 aromatic heterocycles. The molecule has 202 valence electrons. The maximum Gasteiger partial charge on any atom is 0.330 e. The Hall–Kier alpha value is -4.34. The van der Waals surface area contributed by atoms with Crippen LogP contribution in [0.5, 0.6) is 11.5 Å². The van der Waals surface area contributed by atoms with Crippen LogP contribution in [0, 0.1) is 10.8 Å². The Bertz CT molecular complexity index is 1170. The van der Waals surface area contributed by atoms with Gasteiger partial charge in [-0.2, -0.15) is 0 Å². The fraction of sp³-hybridized carbons (Fsp3) is 0.357. The molecule has 1 aliphatic heterocycles. The summed E-state index contributed by atoms with van der Waals surface area (Å²) in [5.41, 5.74) is 7.19. The molecule has 1 saturated heterocycles. The van der Waals surface area contributed by atoms with Gasteiger partial charge in [0.15, 0.2) is 0 Å². The van der Waals surface area contributed by atoms with Crippen LogP contribution in [0.2, 0.25) is 0 Å². The van der Waals surface area contributed by atoms with Crippen molar-refractivity contribution in [2.45, 2.75) is 32.8 Å². The number of hydrogen-bond donors (Lipinski definition) is 4. The maximum absolute atomic E-state index is 12.6. The minimum atomic E-state index is -0.471. The number of hydrogen-bond acceptors (Lipinski definition) is 7. The highest BCUT2D eigenvalue weighted by molar-refractivity contribution is 5.96. The van der Waals surface area contributed by atoms with Gasteiger partial charge in [0.2, 0.25) is 0 Å². The van der Waals surface area contributed by atoms with Crippen LogP contribution in [-0.2, 0) is 9.53 Å². The summed E-state index contributed by atoms with van der Waals surface area (Å²) in [6.07, 6.45) is 4.68. The Morgan fingerprint density at radius 1 is 1.11 bits per heavy atom. The summed E-state index contributed by atoms with van der Waals surface area (Å²) >= 11 is 0. The van der Waals surface area contributed by atoms with Gasteiger partial charge in [-0.05, 0) is 50.3 Å². The molecule has 3 rings (SSSR count). The van der Waals surface area contributed by atoms with E-state index in [1.165, 1.54) is 6.08 Å². The summed E-state index contributed by atoms with van der Waals surface area (Å²) in [5.74, 6) is 0.902. The van der Waals surface area contributed by atoms with Gasteiger partial charge < -0.3 is 30.2 Å². The van der Waals surface area contributed by atoms with Crippen molar-refractivity contribution in [3.8, 4) is 11.5 Å². The Labute approximate surface area is 222 Å². The maximum atomic E-state index is 12.6. The molecule has 1 amide bonds. The van der Waals surface area contributed by atoms with Crippen molar-refractivity contribution in [2.75, 3.05) is 32.8 Å². The van der Waals surface area contributed by atoms with Crippen LogP contribution in [0.15, 0.2) is 48.5 Å². The van der Waals surface area contributed by atoms with E-state index in [2.05, 4.69) is 5.32 Å². The number of esters is 1. The highest BCUT2D eigenvalue weighted by Crippen LogP contribution is 2.23. The predicted molar refractivity (Wildman–Crippen MR) is 146 cm³/mol. The molecule has 2 aromatic rings. The molecule has 0 bridgehead atoms. The molecule has 0 spiro atoms. The molecule has 1 aliphatic rings. The van der Waals surface area contributed by atoms with Crippen LogP contribution in [0.3, 0.4) is 0 Å². The van der Waals surface area contributed by atoms with Gasteiger partial charge in [0.05, 0.1) is 19.0 Å². The van der Waals surface area contributed by atoms with Gasteiger partial charge in [0.1, 0.15) is 30.0 Å². The summed E-state index contributed by atoms with van der Waals surface area (Å²) < 4.78 is 16.8. The van der Waals surface area contributed by atoms with Gasteiger partial charge in [-0.3, -0.25) is 15.6 Å². The number of piperidine rings is 1. The van der Waals surface area contributed by atoms with Crippen molar-refractivity contribution in [1.29, 1.82) is 10.8 Å². The molecule has 0 unspecified atom stereocenters. The number of amidine groups is 2. The molecule has 5 N–H and O–H groups in total. The first kappa shape index (κ1) is 28.2. The quantitative estimate of drug-likeness (QED) is 0.117. The molecule has 10 heteroatoms. The summed E-state index contributed by atoms with van der Waals surface area (Å²) in [4.78, 5) is 26.3. The Morgan fingerprint density at radius 2 is 1.79 bits per heavy atom. The number of rotatable bonds is 11. The van der Waals surface area contributed by atoms with Crippen molar-refractivity contribution in [1.82, 2.24) is 10.2 Å². The number of nitrogen functional groups attached to an aromatic ring is 1. The minimum Gasteiger partial charge on any atom is -0.491 e. The Morgan fingerprint density at radius 3 is 2.42 bits per heavy atom. The van der Waals surface area contributed by atoms with E-state index in [1.54, 1.807) is 62.4 Å². The van der Waals surface area contributed by atoms with E-state index in [4.69, 9.17) is 30.8 Å². The van der Waals surface area contributed by atoms with Crippen molar-refractivity contribution in [3.63, 3.8) is 0 Å². The topological polar surface area (TPSA) is 151 Å². The number of nitrogens with zero attached hydrogens (tertiary/aromatic N) is 1. The van der Waals surface area contributed by atoms with Gasteiger partial charge in [-0.25, -0.2) is 4.79 Å². The number of carbonyl (C=O) groups excluding carboxylic acids is 2. The normalized spacial score (nSPS) is 13.7. The van der Waals surface area contributed by atoms with Crippen molar-refractivity contribution in [2.24, 2.45) is 5.73 Å². The highest BCUT2D eigenvalue weighted by Gasteiger charge is 2.20. The van der Waals surface area contributed by atoms with Gasteiger partial charge in [-0.15, -0.1) is 0 Å². The van der Waals surface area contributed by atoms with Crippen molar-refractivity contribution < 1.29 is 23.8 Å². The summed E-state index contributed by atoms with van der Waals surface area (Å²) in [5, 5.41) is 18.2. The summed E-state index contributed by atoms with van der Waals surface area (Å²) in [6.45, 7) is 5.83. The first-order valence-corrected chi connectivity index (χ1v) is 12.6. The third-order valence-electron chi connectivity index (χ3n) is 5.99. The third kappa shape index (κ3) is 8.36. The molecule has 0 radical (unpaired) electrons. The lowest BCUT2D eigenvalue weighted by molar-refractivity contribution is -0.137. The molecule has 0 saturated carbocycles. The smallest absolute Gasteiger partial charge is 0.330 e. The Kier molecular flexibility index (Phi) is 10.3. The van der Waals surface area contributed by atoms with Gasteiger partial charge in [0, 0.05) is 48.7 Å². The molecular formula is C28H35N5O5. The lowest BCUT2D eigenvalue weighted by Gasteiger charge is -2.32. The second-order valence-electron chi connectivity index (χ2n) is 8.77. The first-order chi connectivity index (χ1) is 18.3. The number of benzene rings is 2. The second kappa shape index (κ2) is 13.8. The van der Waals surface area contributed by atoms with Crippen LogP contribution in [0.25, 0.3) is 6.08 Å². The fourth-order valence-electron chi connectivity index (χ4n) is 3.93. The zero-order valence-corrected chi connectivity index (χ0v) is 21.8. The van der Waals surface area contributed by atoms with Gasteiger partial charge in [-0.1, -0.05) is 12.1 Å². The zero-order chi connectivity index (χ0) is 27.5. The van der Waals surface area contributed by atoms with Crippen LogP contribution < -0.4 is 20.5 Å². The van der Waals surface area contributed by atoms with Crippen LogP contribution in [0.4, 0.5) is 0 Å². The number of ether oxygens (including phenoxy) is 3. The molecule has 38 heavy (non-hydrogen) atoms. The third-order valence-corrected chi connectivity index (χ3v) is 5.99. The second-order valence-corrected chi connectivity index (χ2v) is 8.77. The Balaban J connectivity index is 1.50. The number of nitrogens with one attached hydrogen (secondary N) is 3. The van der Waals surface area contributed by atoms with Crippen LogP contribution in [-0.4, -0.2) is 67.4 Å². The predicted octanol–water partition coefficient (Wildman–Crippen LogP) is 3.20. The largest absolute Gasteiger partial charge is 0.491 e. The molecule has 10 nitrogen and oxygen atoms in total. The average molecular weight is 522 g/mol. The van der Waals surface area contributed by atoms with Gasteiger partial charge in [0.25, 0.3) is 5.91 Å². The van der Waals surface area contributed by atoms with E-state index < -0.39 is 5.97 Å². The minimum absolute atomic E-state index is 0.0981. The van der Waals surface area contributed by atoms with E-state index in [9.17, 15) is 9.59 Å². The molecule has 2 aromatic carbocycles. The molecule has 0 aliphatic carbocycles. The monoisotopic (exact) mass is 521 g/mol. The number of carbonyl (C=O) groups is 2. The summed E-state index contributed by atoms with van der Waals surface area (Å²) in [6, 6.07) is 12.0. The van der Waals surface area contributed by atoms with Crippen LogP contribution in [0.1, 0.15) is 48.2 Å². The highest BCUT2D eigenvalue weighted by atomic mass is 16.5. The van der Waals surface area contributed by atoms with E-state index in [-0.39, 0.29) is 37.6 Å². The van der Waals surface area contributed by atoms with E-state index in [0.29, 0.717) is 34.0 Å². The van der Waals surface area contributed by atoms with Gasteiger partial charge >= 0.3 is 5.97 Å².